The van der Waals surface area contributed by atoms with E-state index < -0.39 is 5.97 Å². The number of aryl methyl sites for hydroxylation is 1. The highest BCUT2D eigenvalue weighted by molar-refractivity contribution is 5.79. The molecule has 3 unspecified atom stereocenters. The van der Waals surface area contributed by atoms with E-state index in [1.807, 2.05) is 13.0 Å². The van der Waals surface area contributed by atoms with Crippen molar-refractivity contribution in [1.29, 1.82) is 0 Å². The van der Waals surface area contributed by atoms with Gasteiger partial charge in [-0.25, -0.2) is 0 Å². The zero-order valence-electron chi connectivity index (χ0n) is 14.1. The number of aromatic nitrogens is 1. The monoisotopic (exact) mass is 324 g/mol. The molecule has 3 atom stereocenters. The molecule has 2 fully saturated rings. The summed E-state index contributed by atoms with van der Waals surface area (Å²) < 4.78 is 0. The average molecular weight is 324 g/mol. The van der Waals surface area contributed by atoms with Crippen molar-refractivity contribution in [1.82, 2.24) is 9.88 Å². The molecule has 1 aliphatic heterocycles. The van der Waals surface area contributed by atoms with Crippen molar-refractivity contribution >= 4 is 16.9 Å². The van der Waals surface area contributed by atoms with E-state index in [0.29, 0.717) is 12.0 Å². The van der Waals surface area contributed by atoms with Crippen LogP contribution in [0, 0.1) is 12.8 Å². The van der Waals surface area contributed by atoms with E-state index in [0.717, 1.165) is 36.0 Å². The van der Waals surface area contributed by atoms with E-state index in [4.69, 9.17) is 0 Å². The molecule has 4 nitrogen and oxygen atoms in total. The fourth-order valence-corrected chi connectivity index (χ4v) is 4.61. The van der Waals surface area contributed by atoms with Gasteiger partial charge in [-0.15, -0.1) is 0 Å². The molecule has 1 saturated heterocycles. The maximum atomic E-state index is 11.7. The number of rotatable bonds is 3. The second kappa shape index (κ2) is 6.17. The van der Waals surface area contributed by atoms with E-state index in [9.17, 15) is 9.90 Å². The van der Waals surface area contributed by atoms with Crippen molar-refractivity contribution in [2.75, 3.05) is 0 Å². The SMILES string of the molecule is Cc1ccc2cc(CN3C(C(=O)O)CC4CCCCC43)ccc2n1. The molecule has 0 radical (unpaired) electrons. The van der Waals surface area contributed by atoms with Gasteiger partial charge in [-0.1, -0.05) is 25.0 Å². The number of carbonyl (C=O) groups is 1. The van der Waals surface area contributed by atoms with E-state index in [1.165, 1.54) is 24.8 Å². The Bertz CT molecular complexity index is 773. The summed E-state index contributed by atoms with van der Waals surface area (Å²) in [6.45, 7) is 2.72. The summed E-state index contributed by atoms with van der Waals surface area (Å²) in [5, 5.41) is 10.8. The Balaban J connectivity index is 1.62. The van der Waals surface area contributed by atoms with Gasteiger partial charge in [0.1, 0.15) is 6.04 Å². The largest absolute Gasteiger partial charge is 0.480 e. The fourth-order valence-electron chi connectivity index (χ4n) is 4.61. The standard InChI is InChI=1S/C20H24N2O2/c1-13-6-8-15-10-14(7-9-17(15)21-13)12-22-18-5-3-2-4-16(18)11-19(22)20(23)24/h6-10,16,18-19H,2-5,11-12H2,1H3,(H,23,24). The Morgan fingerprint density at radius 3 is 2.92 bits per heavy atom. The van der Waals surface area contributed by atoms with Crippen LogP contribution in [0.25, 0.3) is 10.9 Å². The summed E-state index contributed by atoms with van der Waals surface area (Å²) in [6, 6.07) is 10.6. The lowest BCUT2D eigenvalue weighted by Gasteiger charge is -2.33. The maximum Gasteiger partial charge on any atom is 0.320 e. The lowest BCUT2D eigenvalue weighted by atomic mass is 9.84. The second-order valence-electron chi connectivity index (χ2n) is 7.35. The number of fused-ring (bicyclic) bond motifs is 2. The minimum atomic E-state index is -0.664. The topological polar surface area (TPSA) is 53.4 Å². The molecule has 1 aromatic carbocycles. The lowest BCUT2D eigenvalue weighted by Crippen LogP contribution is -2.41. The van der Waals surface area contributed by atoms with Crippen molar-refractivity contribution in [2.24, 2.45) is 5.92 Å². The van der Waals surface area contributed by atoms with Crippen LogP contribution in [0.3, 0.4) is 0 Å². The van der Waals surface area contributed by atoms with Gasteiger partial charge in [0, 0.05) is 23.7 Å². The molecule has 1 aromatic heterocycles. The molecular formula is C20H24N2O2. The molecule has 2 heterocycles. The molecule has 1 N–H and O–H groups in total. The summed E-state index contributed by atoms with van der Waals surface area (Å²) >= 11 is 0. The first-order chi connectivity index (χ1) is 11.6. The number of hydrogen-bond donors (Lipinski definition) is 1. The third-order valence-electron chi connectivity index (χ3n) is 5.76. The van der Waals surface area contributed by atoms with Gasteiger partial charge < -0.3 is 5.11 Å². The van der Waals surface area contributed by atoms with Gasteiger partial charge in [0.25, 0.3) is 0 Å². The van der Waals surface area contributed by atoms with Gasteiger partial charge in [0.15, 0.2) is 0 Å². The zero-order valence-corrected chi connectivity index (χ0v) is 14.1. The Morgan fingerprint density at radius 1 is 1.25 bits per heavy atom. The molecule has 1 aliphatic carbocycles. The van der Waals surface area contributed by atoms with Crippen molar-refractivity contribution in [3.63, 3.8) is 0 Å². The lowest BCUT2D eigenvalue weighted by molar-refractivity contribution is -0.142. The summed E-state index contributed by atoms with van der Waals surface area (Å²) in [4.78, 5) is 18.5. The van der Waals surface area contributed by atoms with E-state index in [2.05, 4.69) is 34.1 Å². The van der Waals surface area contributed by atoms with Crippen LogP contribution in [-0.2, 0) is 11.3 Å². The molecule has 2 aromatic rings. The molecule has 2 aliphatic rings. The normalized spacial score (nSPS) is 27.3. The predicted molar refractivity (Wildman–Crippen MR) is 93.8 cm³/mol. The summed E-state index contributed by atoms with van der Waals surface area (Å²) in [5.41, 5.74) is 3.21. The number of aliphatic carboxylic acids is 1. The number of carboxylic acid groups (broad SMARTS) is 1. The van der Waals surface area contributed by atoms with Crippen LogP contribution < -0.4 is 0 Å². The number of hydrogen-bond acceptors (Lipinski definition) is 3. The van der Waals surface area contributed by atoms with Gasteiger partial charge in [0.2, 0.25) is 0 Å². The maximum absolute atomic E-state index is 11.7. The zero-order chi connectivity index (χ0) is 16.7. The van der Waals surface area contributed by atoms with Crippen LogP contribution in [0.2, 0.25) is 0 Å². The number of likely N-dealkylation sites (tertiary alicyclic amines) is 1. The molecule has 126 valence electrons. The Hall–Kier alpha value is -1.94. The van der Waals surface area contributed by atoms with Crippen LogP contribution in [0.4, 0.5) is 0 Å². The van der Waals surface area contributed by atoms with Crippen molar-refractivity contribution in [3.05, 3.63) is 41.6 Å². The Kier molecular flexibility index (Phi) is 4.01. The molecular weight excluding hydrogens is 300 g/mol. The van der Waals surface area contributed by atoms with E-state index in [-0.39, 0.29) is 6.04 Å². The Labute approximate surface area is 142 Å². The quantitative estimate of drug-likeness (QED) is 0.934. The Morgan fingerprint density at radius 2 is 2.08 bits per heavy atom. The molecule has 0 bridgehead atoms. The highest BCUT2D eigenvalue weighted by Gasteiger charge is 2.44. The van der Waals surface area contributed by atoms with Crippen LogP contribution in [-0.4, -0.2) is 33.0 Å². The minimum Gasteiger partial charge on any atom is -0.480 e. The molecule has 0 spiro atoms. The second-order valence-corrected chi connectivity index (χ2v) is 7.35. The number of nitrogens with zero attached hydrogens (tertiary/aromatic N) is 2. The molecule has 0 amide bonds. The van der Waals surface area contributed by atoms with Crippen LogP contribution >= 0.6 is 0 Å². The highest BCUT2D eigenvalue weighted by Crippen LogP contribution is 2.40. The van der Waals surface area contributed by atoms with Crippen LogP contribution in [0.15, 0.2) is 30.3 Å². The number of carboxylic acids is 1. The van der Waals surface area contributed by atoms with Crippen LogP contribution in [0.5, 0.6) is 0 Å². The minimum absolute atomic E-state index is 0.329. The van der Waals surface area contributed by atoms with Gasteiger partial charge in [-0.2, -0.15) is 0 Å². The first-order valence-electron chi connectivity index (χ1n) is 8.96. The van der Waals surface area contributed by atoms with Crippen LogP contribution in [0.1, 0.15) is 43.4 Å². The molecule has 1 saturated carbocycles. The van der Waals surface area contributed by atoms with Gasteiger partial charge in [-0.3, -0.25) is 14.7 Å². The van der Waals surface area contributed by atoms with Gasteiger partial charge in [-0.05, 0) is 55.9 Å². The summed E-state index contributed by atoms with van der Waals surface area (Å²) in [7, 11) is 0. The van der Waals surface area contributed by atoms with Crippen molar-refractivity contribution in [3.8, 4) is 0 Å². The number of benzene rings is 1. The van der Waals surface area contributed by atoms with E-state index in [1.54, 1.807) is 0 Å². The summed E-state index contributed by atoms with van der Waals surface area (Å²) in [6.07, 6.45) is 5.62. The van der Waals surface area contributed by atoms with Crippen molar-refractivity contribution < 1.29 is 9.90 Å². The molecule has 24 heavy (non-hydrogen) atoms. The first kappa shape index (κ1) is 15.6. The molecule has 4 heteroatoms. The van der Waals surface area contributed by atoms with E-state index >= 15 is 0 Å². The third kappa shape index (κ3) is 2.80. The van der Waals surface area contributed by atoms with Gasteiger partial charge >= 0.3 is 5.97 Å². The molecule has 4 rings (SSSR count). The smallest absolute Gasteiger partial charge is 0.320 e. The fraction of sp³-hybridized carbons (Fsp3) is 0.500. The predicted octanol–water partition coefficient (Wildman–Crippen LogP) is 3.76. The first-order valence-corrected chi connectivity index (χ1v) is 8.96. The number of pyridine rings is 1. The highest BCUT2D eigenvalue weighted by atomic mass is 16.4. The van der Waals surface area contributed by atoms with Crippen molar-refractivity contribution in [2.45, 2.75) is 57.7 Å². The summed E-state index contributed by atoms with van der Waals surface area (Å²) in [5.74, 6) is -0.105. The third-order valence-corrected chi connectivity index (χ3v) is 5.76. The average Bonchev–Trinajstić information content (AvgIpc) is 2.94. The van der Waals surface area contributed by atoms with Gasteiger partial charge in [0.05, 0.1) is 5.52 Å².